The zero-order valence-electron chi connectivity index (χ0n) is 37.0. The summed E-state index contributed by atoms with van der Waals surface area (Å²) in [6.45, 7) is 8.38. The van der Waals surface area contributed by atoms with Crippen molar-refractivity contribution >= 4 is 59.2 Å². The first-order valence-corrected chi connectivity index (χ1v) is 20.9. The predicted molar refractivity (Wildman–Crippen MR) is 227 cm³/mol. The maximum Gasteiger partial charge on any atom is 0.326 e. The molecule has 0 unspecified atom stereocenters. The molecular formula is C41H65N9O14. The number of hydrogen-bond acceptors (Lipinski definition) is 13. The van der Waals surface area contributed by atoms with E-state index in [9.17, 15) is 68.5 Å². The number of nitrogens with zero attached hydrogens (tertiary/aromatic N) is 1. The highest BCUT2D eigenvalue weighted by Crippen LogP contribution is 2.14. The minimum atomic E-state index is -1.81. The lowest BCUT2D eigenvalue weighted by molar-refractivity contribution is -0.172. The van der Waals surface area contributed by atoms with Gasteiger partial charge in [0.25, 0.3) is 5.91 Å². The third kappa shape index (κ3) is 19.5. The second-order valence-corrected chi connectivity index (χ2v) is 16.0. The van der Waals surface area contributed by atoms with Gasteiger partial charge in [-0.25, -0.2) is 9.86 Å². The van der Waals surface area contributed by atoms with Gasteiger partial charge in [0.15, 0.2) is 0 Å². The van der Waals surface area contributed by atoms with E-state index in [4.69, 9.17) is 11.5 Å². The lowest BCUT2D eigenvalue weighted by atomic mass is 9.94. The van der Waals surface area contributed by atoms with Gasteiger partial charge in [-0.3, -0.25) is 48.4 Å². The zero-order valence-corrected chi connectivity index (χ0v) is 37.0. The molecule has 14 N–H and O–H groups in total. The van der Waals surface area contributed by atoms with Gasteiger partial charge in [0.2, 0.25) is 41.4 Å². The molecule has 0 heterocycles. The number of amides is 8. The van der Waals surface area contributed by atoms with Crippen LogP contribution >= 0.6 is 0 Å². The Labute approximate surface area is 371 Å². The van der Waals surface area contributed by atoms with Gasteiger partial charge in [-0.1, -0.05) is 84.7 Å². The first-order chi connectivity index (χ1) is 29.9. The molecule has 0 saturated heterocycles. The van der Waals surface area contributed by atoms with Crippen molar-refractivity contribution in [2.75, 3.05) is 13.2 Å². The molecule has 23 heteroatoms. The zero-order chi connectivity index (χ0) is 48.8. The molecule has 8 amide bonds. The molecule has 64 heavy (non-hydrogen) atoms. The Morgan fingerprint density at radius 2 is 1.17 bits per heavy atom. The number of carboxylic acid groups (broad SMARTS) is 2. The molecule has 9 atom stereocenters. The second-order valence-electron chi connectivity index (χ2n) is 16.0. The number of primary amides is 1. The number of hydroxylamine groups is 2. The number of hydrogen-bond donors (Lipinski definition) is 12. The summed E-state index contributed by atoms with van der Waals surface area (Å²) in [6, 6.07) is -2.34. The van der Waals surface area contributed by atoms with Gasteiger partial charge in [0.05, 0.1) is 13.0 Å². The molecule has 0 saturated carbocycles. The normalized spacial score (nSPS) is 15.3. The van der Waals surface area contributed by atoms with Crippen molar-refractivity contribution in [3.05, 3.63) is 35.9 Å². The number of aliphatic hydroxyl groups is 1. The third-order valence-corrected chi connectivity index (χ3v) is 10.2. The van der Waals surface area contributed by atoms with Crippen LogP contribution in [0.15, 0.2) is 30.3 Å². The van der Waals surface area contributed by atoms with Crippen molar-refractivity contribution in [1.29, 1.82) is 0 Å². The Morgan fingerprint density at radius 3 is 1.66 bits per heavy atom. The van der Waals surface area contributed by atoms with Crippen LogP contribution in [0.25, 0.3) is 0 Å². The topological polar surface area (TPSA) is 379 Å². The molecule has 0 fully saturated rings. The van der Waals surface area contributed by atoms with Crippen LogP contribution < -0.4 is 43.4 Å². The fraction of sp³-hybridized carbons (Fsp3) is 0.610. The van der Waals surface area contributed by atoms with Crippen molar-refractivity contribution in [1.82, 2.24) is 37.0 Å². The van der Waals surface area contributed by atoms with E-state index in [1.54, 1.807) is 71.9 Å². The molecule has 0 aliphatic heterocycles. The van der Waals surface area contributed by atoms with Gasteiger partial charge < -0.3 is 58.7 Å². The lowest BCUT2D eigenvalue weighted by Crippen LogP contribution is -2.62. The minimum Gasteiger partial charge on any atom is -0.481 e. The van der Waals surface area contributed by atoms with E-state index in [1.807, 2.05) is 0 Å². The number of carbonyl (C=O) groups excluding carboxylic acids is 8. The van der Waals surface area contributed by atoms with Crippen LogP contribution in [-0.2, 0) is 54.4 Å². The summed E-state index contributed by atoms with van der Waals surface area (Å²) in [4.78, 5) is 129. The quantitative estimate of drug-likeness (QED) is 0.0296. The maximum absolute atomic E-state index is 14.0. The van der Waals surface area contributed by atoms with E-state index < -0.39 is 146 Å². The molecule has 23 nitrogen and oxygen atoms in total. The summed E-state index contributed by atoms with van der Waals surface area (Å²) in [5.41, 5.74) is 11.5. The standard InChI is InChI=1S/C41H65N9O14/c1-7-22(5)33(49-39(60)34(23(6)8-2)48-35(56)25(42)20-51)38(59)47-28(18-30(43)52)37(58)46-27(17-24-12-10-9-11-13-24)36(57)45-26(14-15-32(54)55)40(61)50(64)19-31(53)44-29(41(62)63)16-21(3)4/h9-13,21-23,25-29,33-34,51,64H,7-8,14-20,42H2,1-6H3,(H2,43,52)(H,44,53)(H,45,57)(H,46,58)(H,47,59)(H,48,56)(H,49,60)(H,54,55)(H,62,63)/t22-,23-,25-,26-,27-,28-,29-,33-,34-/m0/s1. The molecule has 0 spiro atoms. The summed E-state index contributed by atoms with van der Waals surface area (Å²) in [6.07, 6.45) is -1.67. The Morgan fingerprint density at radius 1 is 0.672 bits per heavy atom. The minimum absolute atomic E-state index is 0.0215. The molecular weight excluding hydrogens is 842 g/mol. The summed E-state index contributed by atoms with van der Waals surface area (Å²) >= 11 is 0. The summed E-state index contributed by atoms with van der Waals surface area (Å²) in [7, 11) is 0. The number of rotatable bonds is 29. The average Bonchev–Trinajstić information content (AvgIpc) is 3.23. The average molecular weight is 908 g/mol. The molecule has 358 valence electrons. The fourth-order valence-corrected chi connectivity index (χ4v) is 6.12. The van der Waals surface area contributed by atoms with Crippen LogP contribution in [0.2, 0.25) is 0 Å². The van der Waals surface area contributed by atoms with Crippen LogP contribution in [0.5, 0.6) is 0 Å². The Hall–Kier alpha value is -6.20. The van der Waals surface area contributed by atoms with Crippen LogP contribution in [0.1, 0.15) is 85.6 Å². The highest BCUT2D eigenvalue weighted by molar-refractivity contribution is 5.98. The monoisotopic (exact) mass is 907 g/mol. The molecule has 0 aliphatic rings. The first kappa shape index (κ1) is 55.8. The maximum atomic E-state index is 14.0. The molecule has 1 aromatic carbocycles. The predicted octanol–water partition coefficient (Wildman–Crippen LogP) is -2.36. The summed E-state index contributed by atoms with van der Waals surface area (Å²) < 4.78 is 0. The molecule has 1 aromatic rings. The fourth-order valence-electron chi connectivity index (χ4n) is 6.12. The number of benzene rings is 1. The number of aliphatic hydroxyl groups excluding tert-OH is 1. The van der Waals surface area contributed by atoms with E-state index in [1.165, 1.54) is 0 Å². The summed E-state index contributed by atoms with van der Waals surface area (Å²) in [5.74, 6) is -12.2. The Kier molecular flexibility index (Phi) is 24.2. The van der Waals surface area contributed by atoms with Crippen molar-refractivity contribution in [2.24, 2.45) is 29.2 Å². The van der Waals surface area contributed by atoms with E-state index in [0.717, 1.165) is 0 Å². The van der Waals surface area contributed by atoms with Crippen molar-refractivity contribution < 1.29 is 68.5 Å². The molecule has 0 aromatic heterocycles. The van der Waals surface area contributed by atoms with Gasteiger partial charge in [0.1, 0.15) is 48.8 Å². The van der Waals surface area contributed by atoms with Crippen LogP contribution in [0, 0.1) is 17.8 Å². The van der Waals surface area contributed by atoms with E-state index in [2.05, 4.69) is 31.9 Å². The first-order valence-electron chi connectivity index (χ1n) is 20.9. The smallest absolute Gasteiger partial charge is 0.326 e. The van der Waals surface area contributed by atoms with Gasteiger partial charge in [-0.15, -0.1) is 0 Å². The SMILES string of the molecule is CC[C@H](C)[C@H](NC(=O)[C@@H](NC(=O)[C@@H](N)CO)[C@@H](C)CC)C(=O)N[C@@H](CC(N)=O)C(=O)N[C@@H](Cc1ccccc1)C(=O)N[C@@H](CCC(=O)O)C(=O)N(O)CC(=O)N[C@@H](CC(C)C)C(=O)O. The second kappa shape index (κ2) is 27.8. The molecule has 0 bridgehead atoms. The number of nitrogens with one attached hydrogen (secondary N) is 6. The summed E-state index contributed by atoms with van der Waals surface area (Å²) in [5, 5.41) is 53.1. The van der Waals surface area contributed by atoms with Crippen LogP contribution in [0.4, 0.5) is 0 Å². The molecule has 1 rings (SSSR count). The highest BCUT2D eigenvalue weighted by atomic mass is 16.5. The Bertz CT molecular complexity index is 1780. The van der Waals surface area contributed by atoms with E-state index in [-0.39, 0.29) is 23.8 Å². The van der Waals surface area contributed by atoms with Crippen LogP contribution in [0.3, 0.4) is 0 Å². The van der Waals surface area contributed by atoms with Gasteiger partial charge in [0, 0.05) is 12.8 Å². The molecule has 0 aliphatic carbocycles. The lowest BCUT2D eigenvalue weighted by Gasteiger charge is -2.30. The number of carboxylic acids is 2. The van der Waals surface area contributed by atoms with Gasteiger partial charge in [-0.05, 0) is 36.2 Å². The van der Waals surface area contributed by atoms with Gasteiger partial charge in [-0.2, -0.15) is 0 Å². The van der Waals surface area contributed by atoms with Crippen molar-refractivity contribution in [3.63, 3.8) is 0 Å². The van der Waals surface area contributed by atoms with Crippen molar-refractivity contribution in [3.8, 4) is 0 Å². The number of aliphatic carboxylic acids is 2. The van der Waals surface area contributed by atoms with E-state index in [0.29, 0.717) is 18.4 Å². The largest absolute Gasteiger partial charge is 0.481 e. The van der Waals surface area contributed by atoms with E-state index >= 15 is 0 Å². The number of nitrogens with two attached hydrogens (primary N) is 2. The number of carbonyl (C=O) groups is 10. The van der Waals surface area contributed by atoms with Crippen molar-refractivity contribution in [2.45, 2.75) is 129 Å². The highest BCUT2D eigenvalue weighted by Gasteiger charge is 2.37. The van der Waals surface area contributed by atoms with Crippen LogP contribution in [-0.4, -0.2) is 140 Å². The Balaban J connectivity index is 3.50. The molecule has 0 radical (unpaired) electrons. The third-order valence-electron chi connectivity index (χ3n) is 10.2. The van der Waals surface area contributed by atoms with Gasteiger partial charge >= 0.3 is 11.9 Å².